The number of allylic oxidation sites excluding steroid dienone is 2. The molecule has 0 bridgehead atoms. The van der Waals surface area contributed by atoms with Gasteiger partial charge in [0, 0.05) is 25.4 Å². The molecule has 2 heterocycles. The van der Waals surface area contributed by atoms with Crippen LogP contribution < -0.4 is 9.62 Å². The summed E-state index contributed by atoms with van der Waals surface area (Å²) in [6, 6.07) is 6.00. The number of fused-ring (bicyclic) bond motifs is 1. The lowest BCUT2D eigenvalue weighted by molar-refractivity contribution is 0.411. The molecule has 1 aromatic carbocycles. The van der Waals surface area contributed by atoms with Crippen molar-refractivity contribution >= 4 is 21.5 Å². The Kier molecular flexibility index (Phi) is 4.59. The van der Waals surface area contributed by atoms with E-state index in [4.69, 9.17) is 0 Å². The molecule has 0 amide bonds. The SMILES string of the molecule is O=S(=O)(Nc1ccc(F)c(F)c1)c1ccc(N2CC3CC=CCC3C2)nc1. The van der Waals surface area contributed by atoms with Crippen molar-refractivity contribution in [2.24, 2.45) is 11.8 Å². The third-order valence-corrected chi connectivity index (χ3v) is 6.51. The van der Waals surface area contributed by atoms with Gasteiger partial charge in [-0.05, 0) is 48.9 Å². The molecule has 1 N–H and O–H groups in total. The molecule has 0 spiro atoms. The monoisotopic (exact) mass is 391 g/mol. The highest BCUT2D eigenvalue weighted by Gasteiger charge is 2.33. The lowest BCUT2D eigenvalue weighted by atomic mass is 9.86. The maximum absolute atomic E-state index is 13.3. The summed E-state index contributed by atoms with van der Waals surface area (Å²) in [5, 5.41) is 0. The molecular formula is C19H19F2N3O2S. The van der Waals surface area contributed by atoms with Gasteiger partial charge in [0.15, 0.2) is 11.6 Å². The molecule has 2 aromatic rings. The van der Waals surface area contributed by atoms with Gasteiger partial charge in [0.1, 0.15) is 10.7 Å². The topological polar surface area (TPSA) is 62.3 Å². The van der Waals surface area contributed by atoms with Gasteiger partial charge in [-0.25, -0.2) is 22.2 Å². The van der Waals surface area contributed by atoms with E-state index < -0.39 is 21.7 Å². The van der Waals surface area contributed by atoms with Gasteiger partial charge in [0.05, 0.1) is 5.69 Å². The molecule has 0 radical (unpaired) electrons. The van der Waals surface area contributed by atoms with Gasteiger partial charge in [-0.15, -0.1) is 0 Å². The number of hydrogen-bond acceptors (Lipinski definition) is 4. The second-order valence-electron chi connectivity index (χ2n) is 6.95. The summed E-state index contributed by atoms with van der Waals surface area (Å²) in [6.45, 7) is 1.84. The van der Waals surface area contributed by atoms with Crippen LogP contribution in [-0.2, 0) is 10.0 Å². The van der Waals surface area contributed by atoms with Crippen molar-refractivity contribution < 1.29 is 17.2 Å². The van der Waals surface area contributed by atoms with Crippen LogP contribution in [0.4, 0.5) is 20.3 Å². The summed E-state index contributed by atoms with van der Waals surface area (Å²) in [4.78, 5) is 6.46. The Balaban J connectivity index is 1.49. The standard InChI is InChI=1S/C19H19F2N3O2S/c20-17-7-5-15(9-18(17)21)23-27(25,26)16-6-8-19(22-10-16)24-11-13-3-1-2-4-14(13)12-24/h1-2,5-10,13-14,23H,3-4,11-12H2. The van der Waals surface area contributed by atoms with Gasteiger partial charge < -0.3 is 4.90 Å². The predicted molar refractivity (Wildman–Crippen MR) is 99.0 cm³/mol. The van der Waals surface area contributed by atoms with Crippen molar-refractivity contribution in [3.05, 3.63) is 60.3 Å². The number of rotatable bonds is 4. The van der Waals surface area contributed by atoms with E-state index in [1.165, 1.54) is 12.3 Å². The van der Waals surface area contributed by atoms with Crippen LogP contribution in [0.15, 0.2) is 53.6 Å². The molecule has 4 rings (SSSR count). The number of pyridine rings is 1. The molecule has 1 aromatic heterocycles. The molecule has 8 heteroatoms. The third kappa shape index (κ3) is 3.66. The number of aromatic nitrogens is 1. The average Bonchev–Trinajstić information content (AvgIpc) is 3.09. The minimum atomic E-state index is -3.93. The fourth-order valence-electron chi connectivity index (χ4n) is 3.69. The van der Waals surface area contributed by atoms with E-state index >= 15 is 0 Å². The number of hydrogen-bond donors (Lipinski definition) is 1. The number of anilines is 2. The van der Waals surface area contributed by atoms with E-state index in [2.05, 4.69) is 26.8 Å². The predicted octanol–water partition coefficient (Wildman–Crippen LogP) is 3.56. The fourth-order valence-corrected chi connectivity index (χ4v) is 4.69. The van der Waals surface area contributed by atoms with Crippen molar-refractivity contribution in [3.8, 4) is 0 Å². The largest absolute Gasteiger partial charge is 0.356 e. The van der Waals surface area contributed by atoms with Crippen LogP contribution in [0.1, 0.15) is 12.8 Å². The van der Waals surface area contributed by atoms with Crippen molar-refractivity contribution in [2.45, 2.75) is 17.7 Å². The molecule has 1 aliphatic carbocycles. The molecule has 142 valence electrons. The van der Waals surface area contributed by atoms with Crippen LogP contribution in [0.5, 0.6) is 0 Å². The Morgan fingerprint density at radius 1 is 1.00 bits per heavy atom. The van der Waals surface area contributed by atoms with Crippen LogP contribution in [-0.4, -0.2) is 26.5 Å². The lowest BCUT2D eigenvalue weighted by Crippen LogP contribution is -2.21. The molecule has 2 atom stereocenters. The Morgan fingerprint density at radius 3 is 2.30 bits per heavy atom. The second-order valence-corrected chi connectivity index (χ2v) is 8.64. The summed E-state index contributed by atoms with van der Waals surface area (Å²) in [5.74, 6) is -0.166. The van der Waals surface area contributed by atoms with E-state index in [0.717, 1.165) is 49.9 Å². The molecule has 1 saturated heterocycles. The Hall–Kier alpha value is -2.48. The van der Waals surface area contributed by atoms with E-state index in [9.17, 15) is 17.2 Å². The van der Waals surface area contributed by atoms with Gasteiger partial charge in [0.25, 0.3) is 10.0 Å². The van der Waals surface area contributed by atoms with Crippen LogP contribution in [0, 0.1) is 23.5 Å². The van der Waals surface area contributed by atoms with Crippen molar-refractivity contribution in [1.82, 2.24) is 4.98 Å². The first-order valence-electron chi connectivity index (χ1n) is 8.76. The highest BCUT2D eigenvalue weighted by Crippen LogP contribution is 2.34. The first-order valence-corrected chi connectivity index (χ1v) is 10.2. The van der Waals surface area contributed by atoms with Gasteiger partial charge in [-0.1, -0.05) is 12.2 Å². The molecular weight excluding hydrogens is 372 g/mol. The molecule has 1 fully saturated rings. The van der Waals surface area contributed by atoms with Crippen LogP contribution >= 0.6 is 0 Å². The number of halogens is 2. The molecule has 27 heavy (non-hydrogen) atoms. The number of nitrogens with zero attached hydrogens (tertiary/aromatic N) is 2. The van der Waals surface area contributed by atoms with Gasteiger partial charge in [-0.3, -0.25) is 4.72 Å². The molecule has 1 aliphatic heterocycles. The third-order valence-electron chi connectivity index (χ3n) is 5.15. The zero-order chi connectivity index (χ0) is 19.0. The zero-order valence-corrected chi connectivity index (χ0v) is 15.3. The summed E-state index contributed by atoms with van der Waals surface area (Å²) in [6.07, 6.45) is 7.88. The molecule has 2 unspecified atom stereocenters. The number of benzene rings is 1. The lowest BCUT2D eigenvalue weighted by Gasteiger charge is -2.17. The zero-order valence-electron chi connectivity index (χ0n) is 14.5. The second kappa shape index (κ2) is 6.92. The average molecular weight is 391 g/mol. The summed E-state index contributed by atoms with van der Waals surface area (Å²) in [7, 11) is -3.93. The quantitative estimate of drug-likeness (QED) is 0.810. The maximum atomic E-state index is 13.3. The normalized spacial score (nSPS) is 21.9. The maximum Gasteiger partial charge on any atom is 0.263 e. The molecule has 5 nitrogen and oxygen atoms in total. The number of nitrogens with one attached hydrogen (secondary N) is 1. The van der Waals surface area contributed by atoms with Crippen LogP contribution in [0.25, 0.3) is 0 Å². The minimum absolute atomic E-state index is 0.0331. The first-order chi connectivity index (χ1) is 12.9. The van der Waals surface area contributed by atoms with Gasteiger partial charge in [-0.2, -0.15) is 0 Å². The summed E-state index contributed by atoms with van der Waals surface area (Å²) < 4.78 is 53.4. The van der Waals surface area contributed by atoms with Gasteiger partial charge in [0.2, 0.25) is 0 Å². The van der Waals surface area contributed by atoms with Crippen molar-refractivity contribution in [3.63, 3.8) is 0 Å². The first kappa shape index (κ1) is 17.9. The highest BCUT2D eigenvalue weighted by molar-refractivity contribution is 7.92. The Morgan fingerprint density at radius 2 is 1.70 bits per heavy atom. The summed E-state index contributed by atoms with van der Waals surface area (Å²) in [5.41, 5.74) is -0.0471. The Bertz CT molecular complexity index is 961. The number of sulfonamides is 1. The minimum Gasteiger partial charge on any atom is -0.356 e. The smallest absolute Gasteiger partial charge is 0.263 e. The van der Waals surface area contributed by atoms with Crippen LogP contribution in [0.3, 0.4) is 0 Å². The van der Waals surface area contributed by atoms with Crippen molar-refractivity contribution in [1.29, 1.82) is 0 Å². The van der Waals surface area contributed by atoms with Crippen LogP contribution in [0.2, 0.25) is 0 Å². The summed E-state index contributed by atoms with van der Waals surface area (Å²) >= 11 is 0. The van der Waals surface area contributed by atoms with Crippen molar-refractivity contribution in [2.75, 3.05) is 22.7 Å². The fraction of sp³-hybridized carbons (Fsp3) is 0.316. The van der Waals surface area contributed by atoms with E-state index in [-0.39, 0.29) is 10.6 Å². The van der Waals surface area contributed by atoms with E-state index in [1.807, 2.05) is 0 Å². The highest BCUT2D eigenvalue weighted by atomic mass is 32.2. The molecule has 2 aliphatic rings. The Labute approximate surface area is 156 Å². The van der Waals surface area contributed by atoms with Gasteiger partial charge >= 0.3 is 0 Å². The van der Waals surface area contributed by atoms with E-state index in [0.29, 0.717) is 11.8 Å². The van der Waals surface area contributed by atoms with E-state index in [1.54, 1.807) is 6.07 Å². The molecule has 0 saturated carbocycles.